The molecule has 2 saturated heterocycles. The molecule has 9 heteroatoms. The van der Waals surface area contributed by atoms with E-state index in [1.807, 2.05) is 56.4 Å². The van der Waals surface area contributed by atoms with Crippen LogP contribution in [0, 0.1) is 25.7 Å². The highest BCUT2D eigenvalue weighted by atomic mass is 16.5. The summed E-state index contributed by atoms with van der Waals surface area (Å²) in [5.74, 6) is -3.35. The molecule has 2 fully saturated rings. The van der Waals surface area contributed by atoms with Gasteiger partial charge in [-0.15, -0.1) is 0 Å². The lowest BCUT2D eigenvalue weighted by Crippen LogP contribution is -2.53. The van der Waals surface area contributed by atoms with Gasteiger partial charge in [0.05, 0.1) is 29.7 Å². The largest absolute Gasteiger partial charge is 0.462 e. The molecule has 42 heavy (non-hydrogen) atoms. The van der Waals surface area contributed by atoms with Gasteiger partial charge in [0.1, 0.15) is 5.54 Å². The lowest BCUT2D eigenvalue weighted by molar-refractivity contribution is -0.130. The Morgan fingerprint density at radius 1 is 0.976 bits per heavy atom. The number of rotatable bonds is 5. The fraction of sp³-hybridized carbons (Fsp3) is 0.273. The van der Waals surface area contributed by atoms with E-state index < -0.39 is 35.3 Å². The van der Waals surface area contributed by atoms with Gasteiger partial charge in [-0.25, -0.2) is 9.69 Å². The molecule has 212 valence electrons. The average molecular weight is 563 g/mol. The standard InChI is InChI=1S/C33H30N4O5/c1-4-42-31(40)19-10-12-21(13-11-19)37-29(38)26-25(15-20-16-34-24-8-6-5-7-22(20)24)36-33(27(26)30(37)39)23-14-9-17(2)18(3)28(23)35-32(33)41/h5-14,16,25-27,34,36H,4,15H2,1-3H3,(H,35,41)/t25-,26-,27+,33-/m1/s1. The van der Waals surface area contributed by atoms with Crippen molar-refractivity contribution >= 4 is 46.0 Å². The van der Waals surface area contributed by atoms with Crippen LogP contribution in [0.2, 0.25) is 0 Å². The number of amides is 3. The number of carbonyl (C=O) groups excluding carboxylic acids is 4. The van der Waals surface area contributed by atoms with Gasteiger partial charge in [0.25, 0.3) is 0 Å². The Kier molecular flexibility index (Phi) is 5.85. The van der Waals surface area contributed by atoms with Crippen LogP contribution < -0.4 is 15.5 Å². The van der Waals surface area contributed by atoms with Crippen molar-refractivity contribution in [2.24, 2.45) is 11.8 Å². The van der Waals surface area contributed by atoms with E-state index in [4.69, 9.17) is 4.74 Å². The van der Waals surface area contributed by atoms with Crippen LogP contribution in [-0.2, 0) is 31.1 Å². The highest BCUT2D eigenvalue weighted by Gasteiger charge is 2.70. The predicted octanol–water partition coefficient (Wildman–Crippen LogP) is 4.13. The molecule has 3 N–H and O–H groups in total. The number of esters is 1. The second kappa shape index (κ2) is 9.39. The molecule has 4 aromatic rings. The van der Waals surface area contributed by atoms with E-state index in [1.165, 1.54) is 4.90 Å². The molecule has 3 amide bonds. The number of aromatic nitrogens is 1. The monoisotopic (exact) mass is 562 g/mol. The minimum atomic E-state index is -1.40. The van der Waals surface area contributed by atoms with Crippen LogP contribution in [-0.4, -0.2) is 41.3 Å². The Bertz CT molecular complexity index is 1810. The molecule has 4 atom stereocenters. The summed E-state index contributed by atoms with van der Waals surface area (Å²) in [5.41, 5.74) is 4.58. The number of H-pyrrole nitrogens is 1. The molecular formula is C33H30N4O5. The Morgan fingerprint density at radius 2 is 1.74 bits per heavy atom. The average Bonchev–Trinajstić information content (AvgIpc) is 3.70. The molecule has 9 nitrogen and oxygen atoms in total. The van der Waals surface area contributed by atoms with E-state index in [2.05, 4.69) is 15.6 Å². The molecule has 1 spiro atoms. The van der Waals surface area contributed by atoms with Gasteiger partial charge in [-0.2, -0.15) is 0 Å². The van der Waals surface area contributed by atoms with Crippen LogP contribution in [0.5, 0.6) is 0 Å². The van der Waals surface area contributed by atoms with Crippen molar-refractivity contribution in [2.75, 3.05) is 16.8 Å². The Balaban J connectivity index is 1.34. The van der Waals surface area contributed by atoms with Crippen molar-refractivity contribution in [3.63, 3.8) is 0 Å². The first-order chi connectivity index (χ1) is 20.3. The van der Waals surface area contributed by atoms with E-state index in [9.17, 15) is 19.2 Å². The third-order valence-electron chi connectivity index (χ3n) is 9.17. The number of nitrogens with zero attached hydrogens (tertiary/aromatic N) is 1. The van der Waals surface area contributed by atoms with Crippen molar-refractivity contribution < 1.29 is 23.9 Å². The number of aryl methyl sites for hydroxylation is 1. The van der Waals surface area contributed by atoms with Gasteiger partial charge in [0.2, 0.25) is 17.7 Å². The zero-order valence-corrected chi connectivity index (χ0v) is 23.5. The predicted molar refractivity (Wildman–Crippen MR) is 157 cm³/mol. The Morgan fingerprint density at radius 3 is 2.50 bits per heavy atom. The van der Waals surface area contributed by atoms with Crippen molar-refractivity contribution in [1.29, 1.82) is 0 Å². The van der Waals surface area contributed by atoms with Gasteiger partial charge in [-0.1, -0.05) is 30.3 Å². The first kappa shape index (κ1) is 26.2. The number of hydrogen-bond donors (Lipinski definition) is 3. The highest BCUT2D eigenvalue weighted by Crippen LogP contribution is 2.54. The maximum absolute atomic E-state index is 14.3. The number of anilines is 2. The molecule has 1 aromatic heterocycles. The Labute approximate surface area is 242 Å². The number of hydrogen-bond acceptors (Lipinski definition) is 6. The van der Waals surface area contributed by atoms with Gasteiger partial charge in [0, 0.05) is 34.4 Å². The molecule has 0 bridgehead atoms. The molecule has 0 unspecified atom stereocenters. The first-order valence-corrected chi connectivity index (χ1v) is 14.2. The van der Waals surface area contributed by atoms with Crippen LogP contribution in [0.4, 0.5) is 11.4 Å². The first-order valence-electron chi connectivity index (χ1n) is 14.2. The summed E-state index contributed by atoms with van der Waals surface area (Å²) in [6.07, 6.45) is 2.37. The van der Waals surface area contributed by atoms with Gasteiger partial charge in [-0.3, -0.25) is 19.7 Å². The van der Waals surface area contributed by atoms with Crippen molar-refractivity contribution in [3.05, 3.63) is 94.7 Å². The summed E-state index contributed by atoms with van der Waals surface area (Å²) < 4.78 is 5.08. The summed E-state index contributed by atoms with van der Waals surface area (Å²) in [6.45, 7) is 5.89. The third-order valence-corrected chi connectivity index (χ3v) is 9.17. The molecule has 0 saturated carbocycles. The minimum absolute atomic E-state index is 0.239. The number of ether oxygens (including phenoxy) is 1. The van der Waals surface area contributed by atoms with Crippen LogP contribution in [0.3, 0.4) is 0 Å². The molecule has 3 aliphatic heterocycles. The zero-order valence-electron chi connectivity index (χ0n) is 23.5. The summed E-state index contributed by atoms with van der Waals surface area (Å²) in [4.78, 5) is 59.2. The number of nitrogens with one attached hydrogen (secondary N) is 3. The van der Waals surface area contributed by atoms with E-state index in [-0.39, 0.29) is 18.4 Å². The van der Waals surface area contributed by atoms with Crippen LogP contribution >= 0.6 is 0 Å². The van der Waals surface area contributed by atoms with Crippen LogP contribution in [0.25, 0.3) is 10.9 Å². The Hall–Kier alpha value is -4.76. The highest BCUT2D eigenvalue weighted by molar-refractivity contribution is 6.26. The minimum Gasteiger partial charge on any atom is -0.462 e. The van der Waals surface area contributed by atoms with Gasteiger partial charge >= 0.3 is 5.97 Å². The van der Waals surface area contributed by atoms with Crippen LogP contribution in [0.1, 0.15) is 39.5 Å². The van der Waals surface area contributed by atoms with Crippen molar-refractivity contribution in [2.45, 2.75) is 38.8 Å². The number of imide groups is 1. The maximum Gasteiger partial charge on any atom is 0.338 e. The smallest absolute Gasteiger partial charge is 0.338 e. The molecular weight excluding hydrogens is 532 g/mol. The number of carbonyl (C=O) groups is 4. The fourth-order valence-corrected chi connectivity index (χ4v) is 7.05. The molecule has 7 rings (SSSR count). The quantitative estimate of drug-likeness (QED) is 0.249. The van der Waals surface area contributed by atoms with Gasteiger partial charge in [0.15, 0.2) is 0 Å². The normalized spacial score (nSPS) is 24.4. The molecule has 0 aliphatic carbocycles. The number of fused-ring (bicyclic) bond motifs is 5. The molecule has 0 radical (unpaired) electrons. The lowest BCUT2D eigenvalue weighted by atomic mass is 9.75. The van der Waals surface area contributed by atoms with E-state index >= 15 is 0 Å². The molecule has 3 aliphatic rings. The fourth-order valence-electron chi connectivity index (χ4n) is 7.05. The summed E-state index contributed by atoms with van der Waals surface area (Å²) >= 11 is 0. The van der Waals surface area contributed by atoms with E-state index in [0.717, 1.165) is 27.6 Å². The second-order valence-corrected chi connectivity index (χ2v) is 11.3. The topological polar surface area (TPSA) is 121 Å². The number of para-hydroxylation sites is 1. The third kappa shape index (κ3) is 3.53. The SMILES string of the molecule is CCOC(=O)c1ccc(N2C(=O)[C@H]3[C@@H](C2=O)[C@@]2(N[C@@H]3Cc3c[nH]c4ccccc34)C(=O)Nc3c2ccc(C)c3C)cc1. The van der Waals surface area contributed by atoms with Crippen LogP contribution in [0.15, 0.2) is 66.9 Å². The lowest BCUT2D eigenvalue weighted by Gasteiger charge is -2.29. The zero-order chi connectivity index (χ0) is 29.3. The summed E-state index contributed by atoms with van der Waals surface area (Å²) in [6, 6.07) is 17.5. The molecule has 3 aromatic carbocycles. The maximum atomic E-state index is 14.3. The number of benzene rings is 3. The van der Waals surface area contributed by atoms with Crippen molar-refractivity contribution in [1.82, 2.24) is 10.3 Å². The van der Waals surface area contributed by atoms with Gasteiger partial charge < -0.3 is 15.0 Å². The second-order valence-electron chi connectivity index (χ2n) is 11.3. The van der Waals surface area contributed by atoms with E-state index in [0.29, 0.717) is 28.9 Å². The van der Waals surface area contributed by atoms with E-state index in [1.54, 1.807) is 31.2 Å². The number of aromatic amines is 1. The summed E-state index contributed by atoms with van der Waals surface area (Å²) in [5, 5.41) is 7.61. The van der Waals surface area contributed by atoms with Crippen molar-refractivity contribution in [3.8, 4) is 0 Å². The summed E-state index contributed by atoms with van der Waals surface area (Å²) in [7, 11) is 0. The van der Waals surface area contributed by atoms with Gasteiger partial charge in [-0.05, 0) is 74.2 Å². The molecule has 4 heterocycles.